The van der Waals surface area contributed by atoms with E-state index in [4.69, 9.17) is 9.84 Å². The lowest BCUT2D eigenvalue weighted by Crippen LogP contribution is -2.44. The highest BCUT2D eigenvalue weighted by atomic mass is 16.5. The predicted molar refractivity (Wildman–Crippen MR) is 141 cm³/mol. The van der Waals surface area contributed by atoms with Gasteiger partial charge in [-0.05, 0) is 99.2 Å². The first kappa shape index (κ1) is 28.6. The zero-order chi connectivity index (χ0) is 25.8. The van der Waals surface area contributed by atoms with Gasteiger partial charge in [0.1, 0.15) is 12.2 Å². The van der Waals surface area contributed by atoms with Crippen LogP contribution in [0.5, 0.6) is 0 Å². The fourth-order valence-corrected chi connectivity index (χ4v) is 7.07. The average molecular weight is 491 g/mol. The second-order valence-corrected chi connectivity index (χ2v) is 12.3. The highest BCUT2D eigenvalue weighted by Crippen LogP contribution is 2.58. The van der Waals surface area contributed by atoms with Crippen molar-refractivity contribution in [3.05, 3.63) is 34.9 Å². The number of fused-ring (bicyclic) bond motifs is 1. The van der Waals surface area contributed by atoms with Crippen molar-refractivity contribution < 1.29 is 25.2 Å². The molecule has 4 N–H and O–H groups in total. The highest BCUT2D eigenvalue weighted by Gasteiger charge is 2.49. The Labute approximate surface area is 213 Å². The van der Waals surface area contributed by atoms with Crippen LogP contribution in [0.25, 0.3) is 0 Å². The van der Waals surface area contributed by atoms with Crippen LogP contribution in [0, 0.1) is 23.2 Å². The third-order valence-corrected chi connectivity index (χ3v) is 9.17. The van der Waals surface area contributed by atoms with E-state index in [1.54, 1.807) is 0 Å². The Morgan fingerprint density at radius 3 is 2.63 bits per heavy atom. The van der Waals surface area contributed by atoms with Crippen LogP contribution in [-0.4, -0.2) is 57.6 Å². The Hall–Kier alpha value is -0.980. The molecule has 0 spiro atoms. The summed E-state index contributed by atoms with van der Waals surface area (Å²) < 4.78 is 5.67. The third kappa shape index (κ3) is 6.87. The lowest BCUT2D eigenvalue weighted by atomic mass is 9.62. The van der Waals surface area contributed by atoms with Gasteiger partial charge in [-0.2, -0.15) is 0 Å². The average Bonchev–Trinajstić information content (AvgIpc) is 3.14. The summed E-state index contributed by atoms with van der Waals surface area (Å²) in [7, 11) is 0. The monoisotopic (exact) mass is 490 g/mol. The van der Waals surface area contributed by atoms with Gasteiger partial charge < -0.3 is 25.2 Å². The molecule has 0 aromatic heterocycles. The van der Waals surface area contributed by atoms with Crippen LogP contribution in [0.1, 0.15) is 92.4 Å². The normalized spacial score (nSPS) is 34.9. The molecule has 5 heteroatoms. The molecule has 5 nitrogen and oxygen atoms in total. The first-order chi connectivity index (χ1) is 16.5. The van der Waals surface area contributed by atoms with Crippen molar-refractivity contribution in [3.63, 3.8) is 0 Å². The van der Waals surface area contributed by atoms with Crippen molar-refractivity contribution in [2.75, 3.05) is 13.2 Å². The molecule has 0 aliphatic heterocycles. The zero-order valence-corrected chi connectivity index (χ0v) is 22.7. The van der Waals surface area contributed by atoms with Crippen LogP contribution in [0.4, 0.5) is 0 Å². The van der Waals surface area contributed by atoms with Gasteiger partial charge in [0.15, 0.2) is 0 Å². The van der Waals surface area contributed by atoms with Gasteiger partial charge >= 0.3 is 0 Å². The molecule has 1 fully saturated rings. The maximum absolute atomic E-state index is 10.8. The molecule has 0 amide bonds. The number of aliphatic hydroxyl groups is 4. The minimum atomic E-state index is -0.830. The van der Waals surface area contributed by atoms with Crippen molar-refractivity contribution in [2.45, 2.75) is 116 Å². The van der Waals surface area contributed by atoms with Crippen molar-refractivity contribution in [3.8, 4) is 0 Å². The molecule has 0 radical (unpaired) electrons. The standard InChI is InChI=1S/C30H50O5/c1-20(9-6-15-29(3,4)34)24-13-14-25-22(10-7-16-30(24,25)5)11-12-23-19-26(32)28(27(33)21(23)2)35-18-8-17-31/h10-12,20,24-28,31-34H,6-9,13-19H2,1-5H3/b12-11-/t20-,24-,25+,26-,27-,28-,30-/m1/s1. The van der Waals surface area contributed by atoms with Gasteiger partial charge in [0.25, 0.3) is 0 Å². The quantitative estimate of drug-likeness (QED) is 0.303. The molecular weight excluding hydrogens is 440 g/mol. The van der Waals surface area contributed by atoms with Crippen molar-refractivity contribution in [1.82, 2.24) is 0 Å². The molecule has 7 atom stereocenters. The van der Waals surface area contributed by atoms with Crippen molar-refractivity contribution in [1.29, 1.82) is 0 Å². The van der Waals surface area contributed by atoms with Crippen LogP contribution < -0.4 is 0 Å². The summed E-state index contributed by atoms with van der Waals surface area (Å²) in [5.74, 6) is 1.93. The SMILES string of the molecule is CC1=C(/C=C\C2=CCC[C@]3(C)[C@@H]([C@H](C)CCCC(C)(C)O)CC[C@@H]23)C[C@@H](O)[C@@H](OCCCO)[C@@H]1O. The van der Waals surface area contributed by atoms with E-state index >= 15 is 0 Å². The third-order valence-electron chi connectivity index (χ3n) is 9.17. The molecule has 3 rings (SSSR count). The number of allylic oxidation sites excluding steroid dienone is 4. The summed E-state index contributed by atoms with van der Waals surface area (Å²) in [5.41, 5.74) is 3.00. The van der Waals surface area contributed by atoms with Crippen LogP contribution >= 0.6 is 0 Å². The summed E-state index contributed by atoms with van der Waals surface area (Å²) in [5, 5.41) is 40.4. The summed E-state index contributed by atoms with van der Waals surface area (Å²) >= 11 is 0. The molecule has 0 heterocycles. The zero-order valence-electron chi connectivity index (χ0n) is 22.7. The van der Waals surface area contributed by atoms with E-state index in [-0.39, 0.29) is 6.61 Å². The van der Waals surface area contributed by atoms with Gasteiger partial charge in [0, 0.05) is 19.6 Å². The van der Waals surface area contributed by atoms with Crippen LogP contribution in [0.3, 0.4) is 0 Å². The molecular formula is C30H50O5. The fourth-order valence-electron chi connectivity index (χ4n) is 7.07. The molecule has 35 heavy (non-hydrogen) atoms. The number of hydrogen-bond donors (Lipinski definition) is 4. The topological polar surface area (TPSA) is 90.2 Å². The second kappa shape index (κ2) is 12.0. The van der Waals surface area contributed by atoms with Gasteiger partial charge in [0.05, 0.1) is 11.7 Å². The van der Waals surface area contributed by atoms with Gasteiger partial charge in [0.2, 0.25) is 0 Å². The van der Waals surface area contributed by atoms with E-state index in [0.29, 0.717) is 42.6 Å². The number of ether oxygens (including phenoxy) is 1. The van der Waals surface area contributed by atoms with E-state index in [2.05, 4.69) is 32.1 Å². The Morgan fingerprint density at radius 2 is 1.94 bits per heavy atom. The maximum Gasteiger partial charge on any atom is 0.113 e. The Morgan fingerprint density at radius 1 is 1.20 bits per heavy atom. The molecule has 1 saturated carbocycles. The fraction of sp³-hybridized carbons (Fsp3) is 0.800. The molecule has 0 saturated heterocycles. The molecule has 0 bridgehead atoms. The summed E-state index contributed by atoms with van der Waals surface area (Å²) in [6, 6.07) is 0. The number of rotatable bonds is 11. The summed E-state index contributed by atoms with van der Waals surface area (Å²) in [6.45, 7) is 11.0. The van der Waals surface area contributed by atoms with Crippen LogP contribution in [-0.2, 0) is 4.74 Å². The van der Waals surface area contributed by atoms with Gasteiger partial charge in [-0.1, -0.05) is 44.9 Å². The summed E-state index contributed by atoms with van der Waals surface area (Å²) in [4.78, 5) is 0. The first-order valence-corrected chi connectivity index (χ1v) is 13.9. The smallest absolute Gasteiger partial charge is 0.113 e. The molecule has 3 aliphatic carbocycles. The van der Waals surface area contributed by atoms with E-state index in [1.165, 1.54) is 31.3 Å². The van der Waals surface area contributed by atoms with E-state index < -0.39 is 23.9 Å². The minimum Gasteiger partial charge on any atom is -0.396 e. The molecule has 0 aromatic carbocycles. The Bertz CT molecular complexity index is 791. The van der Waals surface area contributed by atoms with Crippen molar-refractivity contribution in [2.24, 2.45) is 23.2 Å². The molecule has 200 valence electrons. The molecule has 0 aromatic rings. The van der Waals surface area contributed by atoms with E-state index in [1.807, 2.05) is 20.8 Å². The van der Waals surface area contributed by atoms with Crippen molar-refractivity contribution >= 4 is 0 Å². The Balaban J connectivity index is 1.66. The highest BCUT2D eigenvalue weighted by molar-refractivity contribution is 5.38. The molecule has 3 aliphatic rings. The van der Waals surface area contributed by atoms with Gasteiger partial charge in [-0.3, -0.25) is 0 Å². The number of aliphatic hydroxyl groups excluding tert-OH is 3. The van der Waals surface area contributed by atoms with E-state index in [9.17, 15) is 15.3 Å². The minimum absolute atomic E-state index is 0.0391. The first-order valence-electron chi connectivity index (χ1n) is 13.9. The molecule has 0 unspecified atom stereocenters. The lowest BCUT2D eigenvalue weighted by Gasteiger charge is -2.43. The maximum atomic E-state index is 10.8. The van der Waals surface area contributed by atoms with Crippen LogP contribution in [0.2, 0.25) is 0 Å². The summed E-state index contributed by atoms with van der Waals surface area (Å²) in [6.07, 6.45) is 13.4. The second-order valence-electron chi connectivity index (χ2n) is 12.3. The largest absolute Gasteiger partial charge is 0.396 e. The Kier molecular flexibility index (Phi) is 9.84. The van der Waals surface area contributed by atoms with E-state index in [0.717, 1.165) is 30.4 Å². The van der Waals surface area contributed by atoms with Gasteiger partial charge in [-0.15, -0.1) is 0 Å². The van der Waals surface area contributed by atoms with Crippen LogP contribution in [0.15, 0.2) is 34.9 Å². The lowest BCUT2D eigenvalue weighted by molar-refractivity contribution is -0.0958. The van der Waals surface area contributed by atoms with Gasteiger partial charge in [-0.25, -0.2) is 0 Å². The predicted octanol–water partition coefficient (Wildman–Crippen LogP) is 5.08. The number of hydrogen-bond acceptors (Lipinski definition) is 5.